The predicted octanol–water partition coefficient (Wildman–Crippen LogP) is 7.01. The second-order valence-corrected chi connectivity index (χ2v) is 9.81. The standard InChI is InChI=1S/C30H22Cl2N2O4/c1-17-7-11-26(18(2)13-17)34-29(36)24(28(35)33-30(34)37)15-23-22-6-4-3-5-19(22)9-12-27(23)38-16-20-8-10-21(31)14-25(20)32/h3-15H,16H2,1-2H3,(H,33,35,37)/b24-15+. The van der Waals surface area contributed by atoms with Gasteiger partial charge >= 0.3 is 6.03 Å². The van der Waals surface area contributed by atoms with E-state index in [2.05, 4.69) is 5.32 Å². The van der Waals surface area contributed by atoms with Gasteiger partial charge in [0.1, 0.15) is 17.9 Å². The number of imide groups is 2. The van der Waals surface area contributed by atoms with Crippen LogP contribution < -0.4 is 15.0 Å². The Bertz CT molecular complexity index is 1660. The largest absolute Gasteiger partial charge is 0.488 e. The van der Waals surface area contributed by atoms with E-state index in [1.165, 1.54) is 6.08 Å². The molecule has 6 nitrogen and oxygen atoms in total. The number of barbiturate groups is 1. The Labute approximate surface area is 229 Å². The lowest BCUT2D eigenvalue weighted by Crippen LogP contribution is -2.54. The smallest absolute Gasteiger partial charge is 0.335 e. The van der Waals surface area contributed by atoms with Crippen LogP contribution in [-0.4, -0.2) is 17.8 Å². The second kappa shape index (κ2) is 10.3. The van der Waals surface area contributed by atoms with Crippen LogP contribution in [0.25, 0.3) is 16.8 Å². The zero-order valence-corrected chi connectivity index (χ0v) is 22.1. The normalized spacial score (nSPS) is 14.8. The van der Waals surface area contributed by atoms with E-state index in [4.69, 9.17) is 27.9 Å². The third-order valence-electron chi connectivity index (χ3n) is 6.31. The summed E-state index contributed by atoms with van der Waals surface area (Å²) in [5.41, 5.74) is 3.19. The number of carbonyl (C=O) groups excluding carboxylic acids is 3. The molecule has 0 saturated carbocycles. The number of amides is 4. The van der Waals surface area contributed by atoms with Crippen LogP contribution in [0.1, 0.15) is 22.3 Å². The van der Waals surface area contributed by atoms with Crippen LogP contribution in [0.5, 0.6) is 5.75 Å². The Hall–Kier alpha value is -4.13. The third kappa shape index (κ3) is 4.88. The average molecular weight is 545 g/mol. The van der Waals surface area contributed by atoms with Crippen molar-refractivity contribution in [3.63, 3.8) is 0 Å². The number of rotatable bonds is 5. The maximum Gasteiger partial charge on any atom is 0.335 e. The monoisotopic (exact) mass is 544 g/mol. The maximum atomic E-state index is 13.6. The number of halogens is 2. The molecule has 0 unspecified atom stereocenters. The molecule has 0 atom stereocenters. The summed E-state index contributed by atoms with van der Waals surface area (Å²) < 4.78 is 6.13. The fourth-order valence-corrected chi connectivity index (χ4v) is 4.88. The minimum Gasteiger partial charge on any atom is -0.488 e. The summed E-state index contributed by atoms with van der Waals surface area (Å²) in [5, 5.41) is 4.94. The summed E-state index contributed by atoms with van der Waals surface area (Å²) in [6.45, 7) is 3.86. The molecule has 190 valence electrons. The van der Waals surface area contributed by atoms with Crippen molar-refractivity contribution in [2.45, 2.75) is 20.5 Å². The van der Waals surface area contributed by atoms with Crippen molar-refractivity contribution in [3.8, 4) is 5.75 Å². The topological polar surface area (TPSA) is 75.7 Å². The van der Waals surface area contributed by atoms with E-state index in [0.717, 1.165) is 32.4 Å². The first-order chi connectivity index (χ1) is 18.2. The van der Waals surface area contributed by atoms with E-state index in [9.17, 15) is 14.4 Å². The van der Waals surface area contributed by atoms with Gasteiger partial charge in [-0.15, -0.1) is 0 Å². The van der Waals surface area contributed by atoms with Crippen molar-refractivity contribution in [1.29, 1.82) is 0 Å². The molecule has 38 heavy (non-hydrogen) atoms. The number of fused-ring (bicyclic) bond motifs is 1. The zero-order valence-electron chi connectivity index (χ0n) is 20.5. The number of ether oxygens (including phenoxy) is 1. The van der Waals surface area contributed by atoms with Crippen LogP contribution in [0.4, 0.5) is 10.5 Å². The van der Waals surface area contributed by atoms with E-state index >= 15 is 0 Å². The van der Waals surface area contributed by atoms with Gasteiger partial charge in [-0.2, -0.15) is 0 Å². The molecule has 4 amide bonds. The first-order valence-corrected chi connectivity index (χ1v) is 12.6. The second-order valence-electron chi connectivity index (χ2n) is 8.97. The molecule has 4 aromatic rings. The van der Waals surface area contributed by atoms with Gasteiger partial charge in [-0.25, -0.2) is 9.69 Å². The number of nitrogens with zero attached hydrogens (tertiary/aromatic N) is 1. The average Bonchev–Trinajstić information content (AvgIpc) is 2.87. The van der Waals surface area contributed by atoms with Gasteiger partial charge in [-0.3, -0.25) is 14.9 Å². The highest BCUT2D eigenvalue weighted by molar-refractivity contribution is 6.39. The lowest BCUT2D eigenvalue weighted by atomic mass is 9.99. The molecule has 0 radical (unpaired) electrons. The number of aryl methyl sites for hydroxylation is 2. The molecule has 0 bridgehead atoms. The van der Waals surface area contributed by atoms with Gasteiger partial charge in [0.15, 0.2) is 0 Å². The molecule has 1 aliphatic heterocycles. The number of hydrogen-bond donors (Lipinski definition) is 1. The van der Waals surface area contributed by atoms with Crippen molar-refractivity contribution in [1.82, 2.24) is 5.32 Å². The van der Waals surface area contributed by atoms with Crippen molar-refractivity contribution in [2.24, 2.45) is 0 Å². The maximum absolute atomic E-state index is 13.6. The minimum atomic E-state index is -0.795. The summed E-state index contributed by atoms with van der Waals surface area (Å²) in [4.78, 5) is 40.2. The molecule has 1 fully saturated rings. The van der Waals surface area contributed by atoms with Crippen LogP contribution in [-0.2, 0) is 16.2 Å². The fourth-order valence-electron chi connectivity index (χ4n) is 4.42. The highest BCUT2D eigenvalue weighted by atomic mass is 35.5. The van der Waals surface area contributed by atoms with Gasteiger partial charge in [0.25, 0.3) is 11.8 Å². The molecule has 1 aliphatic rings. The van der Waals surface area contributed by atoms with Crippen molar-refractivity contribution in [3.05, 3.63) is 111 Å². The van der Waals surface area contributed by atoms with Crippen molar-refractivity contribution >= 4 is 63.6 Å². The number of carbonyl (C=O) groups is 3. The van der Waals surface area contributed by atoms with Gasteiger partial charge in [-0.05, 0) is 60.5 Å². The molecule has 1 heterocycles. The molecule has 0 aliphatic carbocycles. The Morgan fingerprint density at radius 1 is 0.921 bits per heavy atom. The van der Waals surface area contributed by atoms with Crippen molar-refractivity contribution in [2.75, 3.05) is 4.90 Å². The van der Waals surface area contributed by atoms with E-state index in [1.54, 1.807) is 43.3 Å². The van der Waals surface area contributed by atoms with Crippen molar-refractivity contribution < 1.29 is 19.1 Å². The van der Waals surface area contributed by atoms with Gasteiger partial charge < -0.3 is 4.74 Å². The van der Waals surface area contributed by atoms with Crippen LogP contribution in [0.15, 0.2) is 78.4 Å². The Morgan fingerprint density at radius 3 is 2.47 bits per heavy atom. The highest BCUT2D eigenvalue weighted by Gasteiger charge is 2.37. The zero-order chi connectivity index (χ0) is 27.0. The first kappa shape index (κ1) is 25.5. The molecule has 5 rings (SSSR count). The fraction of sp³-hybridized carbons (Fsp3) is 0.100. The number of benzene rings is 4. The minimum absolute atomic E-state index is 0.137. The number of nitrogens with one attached hydrogen (secondary N) is 1. The highest BCUT2D eigenvalue weighted by Crippen LogP contribution is 2.33. The molecule has 4 aromatic carbocycles. The van der Waals surface area contributed by atoms with Crippen LogP contribution in [0, 0.1) is 13.8 Å². The van der Waals surface area contributed by atoms with Gasteiger partial charge in [0, 0.05) is 21.2 Å². The lowest BCUT2D eigenvalue weighted by molar-refractivity contribution is -0.122. The molecule has 1 saturated heterocycles. The Morgan fingerprint density at radius 2 is 1.71 bits per heavy atom. The van der Waals surface area contributed by atoms with Crippen LogP contribution in [0.3, 0.4) is 0 Å². The molecule has 0 aromatic heterocycles. The quantitative estimate of drug-likeness (QED) is 0.216. The molecular formula is C30H22Cl2N2O4. The summed E-state index contributed by atoms with van der Waals surface area (Å²) in [6, 6.07) is 20.9. The van der Waals surface area contributed by atoms with Crippen LogP contribution >= 0.6 is 23.2 Å². The Balaban J connectivity index is 1.59. The Kier molecular flexibility index (Phi) is 6.93. The third-order valence-corrected chi connectivity index (χ3v) is 6.90. The number of urea groups is 1. The molecule has 1 N–H and O–H groups in total. The summed E-state index contributed by atoms with van der Waals surface area (Å²) in [7, 11) is 0. The molecule has 0 spiro atoms. The van der Waals surface area contributed by atoms with E-state index in [-0.39, 0.29) is 12.2 Å². The van der Waals surface area contributed by atoms with Gasteiger partial charge in [-0.1, -0.05) is 77.3 Å². The first-order valence-electron chi connectivity index (χ1n) is 11.8. The van der Waals surface area contributed by atoms with E-state index < -0.39 is 17.8 Å². The van der Waals surface area contributed by atoms with Crippen LogP contribution in [0.2, 0.25) is 10.0 Å². The van der Waals surface area contributed by atoms with E-state index in [1.807, 2.05) is 43.3 Å². The summed E-state index contributed by atoms with van der Waals surface area (Å²) in [5.74, 6) is -1.05. The summed E-state index contributed by atoms with van der Waals surface area (Å²) >= 11 is 12.3. The van der Waals surface area contributed by atoms with Gasteiger partial charge in [0.2, 0.25) is 0 Å². The SMILES string of the molecule is Cc1ccc(N2C(=O)NC(=O)/C(=C\c3c(OCc4ccc(Cl)cc4Cl)ccc4ccccc34)C2=O)c(C)c1. The predicted molar refractivity (Wildman–Crippen MR) is 150 cm³/mol. The molecule has 8 heteroatoms. The van der Waals surface area contributed by atoms with E-state index in [0.29, 0.717) is 27.0 Å². The number of anilines is 1. The number of hydrogen-bond acceptors (Lipinski definition) is 4. The summed E-state index contributed by atoms with van der Waals surface area (Å²) in [6.07, 6.45) is 1.47. The lowest BCUT2D eigenvalue weighted by Gasteiger charge is -2.28. The van der Waals surface area contributed by atoms with Gasteiger partial charge in [0.05, 0.1) is 5.69 Å². The molecular weight excluding hydrogens is 523 g/mol.